The molecule has 10 heteroatoms. The molecule has 23 heavy (non-hydrogen) atoms. The fraction of sp³-hybridized carbons (Fsp3) is 0.692. The molecule has 133 valence electrons. The Hall–Kier alpha value is -0.801. The summed E-state index contributed by atoms with van der Waals surface area (Å²) in [4.78, 5) is 8.10. The number of nitrogens with one attached hydrogen (secondary N) is 2. The van der Waals surface area contributed by atoms with Crippen LogP contribution in [-0.2, 0) is 42.3 Å². The number of amidine groups is 2. The van der Waals surface area contributed by atoms with Crippen molar-refractivity contribution in [2.24, 2.45) is 26.1 Å². The number of aliphatic hydroxyl groups is 1. The van der Waals surface area contributed by atoms with E-state index in [9.17, 15) is 0 Å². The zero-order chi connectivity index (χ0) is 16.4. The van der Waals surface area contributed by atoms with Gasteiger partial charge in [0.1, 0.15) is 0 Å². The summed E-state index contributed by atoms with van der Waals surface area (Å²) in [5.74, 6) is 0.152. The fourth-order valence-corrected chi connectivity index (χ4v) is 2.45. The first-order chi connectivity index (χ1) is 10.6. The van der Waals surface area contributed by atoms with Crippen LogP contribution in [0.3, 0.4) is 0 Å². The first-order valence-corrected chi connectivity index (χ1v) is 8.14. The molecule has 0 saturated heterocycles. The van der Waals surface area contributed by atoms with Gasteiger partial charge in [0.25, 0.3) is 0 Å². The van der Waals surface area contributed by atoms with E-state index in [1.54, 1.807) is 0 Å². The molecule has 0 heterocycles. The zero-order valence-electron chi connectivity index (χ0n) is 13.2. The van der Waals surface area contributed by atoms with E-state index in [0.717, 1.165) is 24.3 Å². The van der Waals surface area contributed by atoms with E-state index < -0.39 is 0 Å². The minimum absolute atomic E-state index is 0. The Morgan fingerprint density at radius 3 is 2.22 bits per heavy atom. The molecular formula is C13H22CuN6OS2. The molecule has 1 aliphatic rings. The van der Waals surface area contributed by atoms with Crippen molar-refractivity contribution in [1.82, 2.24) is 10.9 Å². The van der Waals surface area contributed by atoms with Crippen LogP contribution in [0.15, 0.2) is 20.2 Å². The van der Waals surface area contributed by atoms with Crippen molar-refractivity contribution in [3.8, 4) is 0 Å². The van der Waals surface area contributed by atoms with Crippen LogP contribution in [0.1, 0.15) is 33.1 Å². The molecule has 0 aliphatic heterocycles. The Balaban J connectivity index is 0.00000484. The molecule has 0 amide bonds. The monoisotopic (exact) mass is 405 g/mol. The average Bonchev–Trinajstić information content (AvgIpc) is 2.86. The smallest absolute Gasteiger partial charge is 0.741 e. The molecule has 1 atom stereocenters. The normalized spacial score (nSPS) is 22.3. The molecule has 0 aromatic rings. The van der Waals surface area contributed by atoms with Crippen LogP contribution in [0.2, 0.25) is 0 Å². The molecular weight excluding hydrogens is 384 g/mol. The van der Waals surface area contributed by atoms with Gasteiger partial charge in [-0.05, 0) is 43.4 Å². The van der Waals surface area contributed by atoms with Gasteiger partial charge < -0.3 is 30.4 Å². The molecule has 1 fully saturated rings. The molecule has 0 unspecified atom stereocenters. The third kappa shape index (κ3) is 8.03. The minimum atomic E-state index is 0. The maximum absolute atomic E-state index is 9.17. The number of rotatable bonds is 6. The van der Waals surface area contributed by atoms with Crippen LogP contribution in [0.4, 0.5) is 0 Å². The molecule has 0 spiro atoms. The second-order valence-electron chi connectivity index (χ2n) is 4.59. The summed E-state index contributed by atoms with van der Waals surface area (Å²) in [5.41, 5.74) is 7.11. The van der Waals surface area contributed by atoms with Crippen LogP contribution < -0.4 is 10.9 Å². The summed E-state index contributed by atoms with van der Waals surface area (Å²) in [6, 6.07) is 0. The molecule has 0 aromatic carbocycles. The molecule has 7 nitrogen and oxygen atoms in total. The standard InChI is InChI=1S/C13H24N6OS2.Cu/c1-3-14-12(21)18-16-10-6-5-9(7-8-20)11(10)17-19-13(22)15-4-2;/h9,20H,3-8H2,1-2H3,(H2,14,18,21)(H2,15,19,22);/q;+2/p-2/b16-10+,17-11+;/t9-;/m1./s1. The maximum Gasteiger partial charge on any atom is 2.00 e. The van der Waals surface area contributed by atoms with Crippen LogP contribution in [0, 0.1) is 5.92 Å². The molecule has 0 bridgehead atoms. The van der Waals surface area contributed by atoms with Crippen molar-refractivity contribution in [3.63, 3.8) is 0 Å². The summed E-state index contributed by atoms with van der Waals surface area (Å²) in [5, 5.41) is 18.5. The van der Waals surface area contributed by atoms with Crippen molar-refractivity contribution in [2.75, 3.05) is 19.7 Å². The van der Waals surface area contributed by atoms with E-state index in [0.29, 0.717) is 29.8 Å². The number of nitrogens with zero attached hydrogens (tertiary/aromatic N) is 4. The van der Waals surface area contributed by atoms with Crippen LogP contribution >= 0.6 is 0 Å². The number of hydrogen-bond acceptors (Lipinski definition) is 7. The summed E-state index contributed by atoms with van der Waals surface area (Å²) in [7, 11) is 0. The van der Waals surface area contributed by atoms with E-state index in [1.807, 2.05) is 13.8 Å². The zero-order valence-corrected chi connectivity index (χ0v) is 15.7. The van der Waals surface area contributed by atoms with E-state index >= 15 is 0 Å². The maximum atomic E-state index is 9.17. The predicted molar refractivity (Wildman–Crippen MR) is 96.3 cm³/mol. The SMILES string of the molecule is CCN=C([S-])N/N=C1\CC[C@H](CCO)\C1=N/NC([S-])=NCC.[Cu+2]. The van der Waals surface area contributed by atoms with E-state index in [-0.39, 0.29) is 29.6 Å². The number of aliphatic imine (C=N–C) groups is 2. The first kappa shape index (κ1) is 22.2. The van der Waals surface area contributed by atoms with Crippen molar-refractivity contribution >= 4 is 47.0 Å². The summed E-state index contributed by atoms with van der Waals surface area (Å²) < 4.78 is 0. The van der Waals surface area contributed by atoms with Gasteiger partial charge in [-0.3, -0.25) is 20.8 Å². The van der Waals surface area contributed by atoms with Gasteiger partial charge in [0.05, 0.1) is 11.4 Å². The first-order valence-electron chi connectivity index (χ1n) is 7.32. The van der Waals surface area contributed by atoms with Gasteiger partial charge in [0.2, 0.25) is 0 Å². The van der Waals surface area contributed by atoms with Crippen molar-refractivity contribution in [3.05, 3.63) is 0 Å². The summed E-state index contributed by atoms with van der Waals surface area (Å²) in [6.07, 6.45) is 2.29. The van der Waals surface area contributed by atoms with Gasteiger partial charge >= 0.3 is 17.1 Å². The van der Waals surface area contributed by atoms with Gasteiger partial charge in [-0.2, -0.15) is 10.2 Å². The topological polar surface area (TPSA) is 93.7 Å². The summed E-state index contributed by atoms with van der Waals surface area (Å²) >= 11 is 10.1. The van der Waals surface area contributed by atoms with Crippen molar-refractivity contribution < 1.29 is 22.2 Å². The summed E-state index contributed by atoms with van der Waals surface area (Å²) in [6.45, 7) is 5.13. The minimum Gasteiger partial charge on any atom is -0.741 e. The predicted octanol–water partition coefficient (Wildman–Crippen LogP) is 0.513. The Morgan fingerprint density at radius 1 is 1.13 bits per heavy atom. The number of hydrazone groups is 2. The third-order valence-corrected chi connectivity index (χ3v) is 3.49. The number of aliphatic hydroxyl groups excluding tert-OH is 1. The van der Waals surface area contributed by atoms with E-state index in [1.165, 1.54) is 0 Å². The fourth-order valence-electron chi connectivity index (χ4n) is 2.10. The van der Waals surface area contributed by atoms with Gasteiger partial charge in [-0.25, -0.2) is 0 Å². The molecule has 0 aromatic heterocycles. The number of hydrogen-bond donors (Lipinski definition) is 3. The van der Waals surface area contributed by atoms with Crippen LogP contribution in [0.5, 0.6) is 0 Å². The molecule has 3 N–H and O–H groups in total. The molecule has 1 radical (unpaired) electrons. The third-order valence-electron chi connectivity index (χ3n) is 3.05. The Labute approximate surface area is 158 Å². The van der Waals surface area contributed by atoms with Crippen LogP contribution in [-0.4, -0.2) is 46.6 Å². The Bertz CT molecular complexity index is 481. The molecule has 1 rings (SSSR count). The second-order valence-corrected chi connectivity index (χ2v) is 5.36. The average molecular weight is 406 g/mol. The molecule has 1 saturated carbocycles. The van der Waals surface area contributed by atoms with Crippen molar-refractivity contribution in [2.45, 2.75) is 33.1 Å². The quantitative estimate of drug-likeness (QED) is 0.197. The van der Waals surface area contributed by atoms with Gasteiger partial charge in [0, 0.05) is 25.6 Å². The second kappa shape index (κ2) is 12.6. The van der Waals surface area contributed by atoms with Crippen molar-refractivity contribution in [1.29, 1.82) is 0 Å². The Kier molecular flexibility index (Phi) is 12.2. The van der Waals surface area contributed by atoms with Gasteiger partial charge in [-0.1, -0.05) is 0 Å². The van der Waals surface area contributed by atoms with Gasteiger partial charge in [-0.15, -0.1) is 0 Å². The van der Waals surface area contributed by atoms with E-state index in [2.05, 4.69) is 31.0 Å². The largest absolute Gasteiger partial charge is 2.00 e. The van der Waals surface area contributed by atoms with Gasteiger partial charge in [0.15, 0.2) is 0 Å². The van der Waals surface area contributed by atoms with Crippen LogP contribution in [0.25, 0.3) is 0 Å². The van der Waals surface area contributed by atoms with E-state index in [4.69, 9.17) is 30.4 Å². The molecule has 1 aliphatic carbocycles. The Morgan fingerprint density at radius 2 is 1.70 bits per heavy atom.